The van der Waals surface area contributed by atoms with Gasteiger partial charge >= 0.3 is 0 Å². The number of thiophene rings is 1. The van der Waals surface area contributed by atoms with E-state index in [-0.39, 0.29) is 0 Å². The first-order valence-electron chi connectivity index (χ1n) is 19.8. The molecule has 5 heterocycles. The van der Waals surface area contributed by atoms with Crippen molar-refractivity contribution in [3.8, 4) is 27.9 Å². The molecule has 14 aromatic rings. The Morgan fingerprint density at radius 1 is 0.379 bits per heavy atom. The van der Waals surface area contributed by atoms with E-state index in [4.69, 9.17) is 4.42 Å². The number of furan rings is 1. The van der Waals surface area contributed by atoms with Crippen LogP contribution in [0.25, 0.3) is 130 Å². The third kappa shape index (κ3) is 3.87. The first kappa shape index (κ1) is 30.8. The van der Waals surface area contributed by atoms with E-state index in [1.807, 2.05) is 17.4 Å². The normalized spacial score (nSPS) is 12.5. The molecule has 0 bridgehead atoms. The van der Waals surface area contributed by atoms with Crippen LogP contribution in [0.3, 0.4) is 0 Å². The van der Waals surface area contributed by atoms with Crippen LogP contribution in [0.2, 0.25) is 0 Å². The average Bonchev–Trinajstić information content (AvgIpc) is 4.02. The second kappa shape index (κ2) is 11.1. The molecule has 0 saturated heterocycles. The summed E-state index contributed by atoms with van der Waals surface area (Å²) in [5.41, 5.74) is 13.9. The molecule has 0 aliphatic heterocycles. The second-order valence-corrected chi connectivity index (χ2v) is 16.6. The molecule has 0 atom stereocenters. The van der Waals surface area contributed by atoms with E-state index >= 15 is 0 Å². The van der Waals surface area contributed by atoms with Crippen molar-refractivity contribution in [1.82, 2.24) is 8.97 Å². The van der Waals surface area contributed by atoms with Crippen molar-refractivity contribution < 1.29 is 4.42 Å². The van der Waals surface area contributed by atoms with Gasteiger partial charge in [0.25, 0.3) is 0 Å². The number of benzene rings is 9. The molecule has 0 fully saturated rings. The van der Waals surface area contributed by atoms with Crippen LogP contribution in [0.15, 0.2) is 186 Å². The van der Waals surface area contributed by atoms with Gasteiger partial charge in [-0.05, 0) is 71.1 Å². The minimum absolute atomic E-state index is 0.903. The molecule has 0 spiro atoms. The minimum Gasteiger partial charge on any atom is -0.456 e. The van der Waals surface area contributed by atoms with Gasteiger partial charge in [0.15, 0.2) is 0 Å². The molecule has 0 amide bonds. The van der Waals surface area contributed by atoms with Crippen LogP contribution in [-0.4, -0.2) is 8.97 Å². The molecule has 0 aliphatic carbocycles. The fourth-order valence-corrected chi connectivity index (χ4v) is 11.6. The van der Waals surface area contributed by atoms with Gasteiger partial charge in [0.2, 0.25) is 0 Å². The Balaban J connectivity index is 1.20. The molecule has 5 aromatic heterocycles. The van der Waals surface area contributed by atoms with Crippen LogP contribution in [0.5, 0.6) is 0 Å². The molecule has 3 nitrogen and oxygen atoms in total. The van der Waals surface area contributed by atoms with Crippen LogP contribution in [0.1, 0.15) is 0 Å². The molecule has 0 unspecified atom stereocenters. The molecular weight excluding hydrogens is 725 g/mol. The Labute approximate surface area is 335 Å². The van der Waals surface area contributed by atoms with Crippen molar-refractivity contribution in [3.05, 3.63) is 182 Å². The van der Waals surface area contributed by atoms with Crippen molar-refractivity contribution in [2.75, 3.05) is 0 Å². The predicted molar refractivity (Wildman–Crippen MR) is 246 cm³/mol. The van der Waals surface area contributed by atoms with E-state index in [9.17, 15) is 0 Å². The van der Waals surface area contributed by atoms with Crippen LogP contribution >= 0.6 is 11.3 Å². The van der Waals surface area contributed by atoms with Gasteiger partial charge in [0, 0.05) is 74.7 Å². The van der Waals surface area contributed by atoms with Crippen molar-refractivity contribution in [2.24, 2.45) is 0 Å². The van der Waals surface area contributed by atoms with Gasteiger partial charge in [0.05, 0.1) is 27.6 Å². The van der Waals surface area contributed by atoms with E-state index in [0.29, 0.717) is 0 Å². The lowest BCUT2D eigenvalue weighted by molar-refractivity contribution is 0.669. The summed E-state index contributed by atoms with van der Waals surface area (Å²) in [5, 5.41) is 12.5. The third-order valence-corrected chi connectivity index (χ3v) is 13.9. The Kier molecular flexibility index (Phi) is 5.91. The van der Waals surface area contributed by atoms with Gasteiger partial charge in [-0.3, -0.25) is 0 Å². The highest BCUT2D eigenvalue weighted by Crippen LogP contribution is 2.51. The van der Waals surface area contributed by atoms with E-state index < -0.39 is 0 Å². The Bertz CT molecular complexity index is 4040. The highest BCUT2D eigenvalue weighted by Gasteiger charge is 2.27. The van der Waals surface area contributed by atoms with E-state index in [1.165, 1.54) is 96.8 Å². The van der Waals surface area contributed by atoms with Crippen LogP contribution in [0.4, 0.5) is 0 Å². The molecule has 0 saturated carbocycles. The molecular formula is C54H30N2OS. The molecule has 4 heteroatoms. The van der Waals surface area contributed by atoms with Crippen molar-refractivity contribution in [1.29, 1.82) is 0 Å². The molecule has 14 rings (SSSR count). The highest BCUT2D eigenvalue weighted by atomic mass is 32.1. The number of para-hydroxylation sites is 3. The molecule has 9 aromatic carbocycles. The summed E-state index contributed by atoms with van der Waals surface area (Å²) in [6, 6.07) is 67.0. The largest absolute Gasteiger partial charge is 0.456 e. The van der Waals surface area contributed by atoms with Crippen LogP contribution < -0.4 is 0 Å². The third-order valence-electron chi connectivity index (χ3n) is 12.6. The predicted octanol–water partition coefficient (Wildman–Crippen LogP) is 15.5. The number of aromatic nitrogens is 2. The SMILES string of the molecule is c1cc(-c2cccc3oc4ccccc4c23)cc(-n2c3cccc4c5ccccc5n5c6ccccc6c6cc(-c7cccc8c7sc7ccccc78)c2c(c43)c65)c1. The summed E-state index contributed by atoms with van der Waals surface area (Å²) in [6.07, 6.45) is 0. The Morgan fingerprint density at radius 3 is 1.90 bits per heavy atom. The van der Waals surface area contributed by atoms with Gasteiger partial charge in [-0.15, -0.1) is 11.3 Å². The average molecular weight is 755 g/mol. The Morgan fingerprint density at radius 2 is 1.02 bits per heavy atom. The first-order chi connectivity index (χ1) is 28.8. The van der Waals surface area contributed by atoms with Gasteiger partial charge in [0.1, 0.15) is 11.2 Å². The van der Waals surface area contributed by atoms with Crippen molar-refractivity contribution in [2.45, 2.75) is 0 Å². The summed E-state index contributed by atoms with van der Waals surface area (Å²) in [4.78, 5) is 0. The van der Waals surface area contributed by atoms with E-state index in [1.54, 1.807) is 0 Å². The standard InChI is InChI=1S/C54H30N2OS/c1-5-23-43-34(15-1)37-20-11-25-45-50(37)51-52(55(45)32-14-9-13-31(29-32)33-19-12-27-47-49(33)40-18-3-7-26-46(40)57-47)42(30-41-35-16-2-6-24-44(35)56(43)53(41)51)39-22-10-21-38-36-17-4-8-28-48(36)58-54(38)39/h1-30H. The summed E-state index contributed by atoms with van der Waals surface area (Å²) in [5.74, 6) is 0. The minimum atomic E-state index is 0.903. The smallest absolute Gasteiger partial charge is 0.136 e. The molecule has 0 N–H and O–H groups in total. The Hall–Kier alpha value is -7.40. The van der Waals surface area contributed by atoms with Crippen molar-refractivity contribution >= 4 is 113 Å². The first-order valence-corrected chi connectivity index (χ1v) is 20.7. The molecule has 58 heavy (non-hydrogen) atoms. The van der Waals surface area contributed by atoms with E-state index in [0.717, 1.165) is 33.2 Å². The van der Waals surface area contributed by atoms with Crippen molar-refractivity contribution in [3.63, 3.8) is 0 Å². The maximum absolute atomic E-state index is 6.37. The quantitative estimate of drug-likeness (QED) is 0.176. The monoisotopic (exact) mass is 754 g/mol. The fraction of sp³-hybridized carbons (Fsp3) is 0. The zero-order valence-corrected chi connectivity index (χ0v) is 31.8. The number of nitrogens with zero attached hydrogens (tertiary/aromatic N) is 2. The topological polar surface area (TPSA) is 22.5 Å². The number of fused-ring (bicyclic) bond motifs is 12. The van der Waals surface area contributed by atoms with E-state index in [2.05, 4.69) is 185 Å². The molecule has 268 valence electrons. The fourth-order valence-electron chi connectivity index (χ4n) is 10.3. The zero-order chi connectivity index (χ0) is 37.6. The van der Waals surface area contributed by atoms with Gasteiger partial charge in [-0.25, -0.2) is 0 Å². The number of hydrogen-bond acceptors (Lipinski definition) is 2. The maximum Gasteiger partial charge on any atom is 0.136 e. The lowest BCUT2D eigenvalue weighted by Crippen LogP contribution is -1.97. The van der Waals surface area contributed by atoms with Gasteiger partial charge in [-0.2, -0.15) is 0 Å². The number of hydrogen-bond donors (Lipinski definition) is 0. The molecule has 0 aliphatic rings. The summed E-state index contributed by atoms with van der Waals surface area (Å²) in [7, 11) is 0. The summed E-state index contributed by atoms with van der Waals surface area (Å²) >= 11 is 1.90. The molecule has 0 radical (unpaired) electrons. The summed E-state index contributed by atoms with van der Waals surface area (Å²) < 4.78 is 14.1. The van der Waals surface area contributed by atoms with Crippen LogP contribution in [0, 0.1) is 0 Å². The highest BCUT2D eigenvalue weighted by molar-refractivity contribution is 7.26. The van der Waals surface area contributed by atoms with Gasteiger partial charge in [-0.1, -0.05) is 127 Å². The van der Waals surface area contributed by atoms with Crippen LogP contribution in [-0.2, 0) is 0 Å². The summed E-state index contributed by atoms with van der Waals surface area (Å²) in [6.45, 7) is 0. The number of rotatable bonds is 3. The maximum atomic E-state index is 6.37. The van der Waals surface area contributed by atoms with Gasteiger partial charge < -0.3 is 13.4 Å². The second-order valence-electron chi connectivity index (χ2n) is 15.6. The zero-order valence-electron chi connectivity index (χ0n) is 31.0. The lowest BCUT2D eigenvalue weighted by Gasteiger charge is -2.15. The lowest BCUT2D eigenvalue weighted by atomic mass is 9.96.